The first kappa shape index (κ1) is 24.4. The quantitative estimate of drug-likeness (QED) is 0.436. The average molecular weight is 503 g/mol. The Kier molecular flexibility index (Phi) is 6.32. The standard InChI is InChI=1S/C27H30N6O4/c1-27(2,3)37-26(35)31-15-7-8-19(16-31)33-24-22(23(28)29-17-30-24)32(25(33)34)18-11-13-21(14-12-18)36-20-9-5-4-6-10-20/h4-6,9-14,17,19H,7-8,15-16H2,1-3H3,(H2,28,29,30). The predicted molar refractivity (Wildman–Crippen MR) is 140 cm³/mol. The number of amides is 1. The first-order valence-corrected chi connectivity index (χ1v) is 12.3. The molecule has 1 saturated heterocycles. The van der Waals surface area contributed by atoms with Gasteiger partial charge < -0.3 is 20.1 Å². The summed E-state index contributed by atoms with van der Waals surface area (Å²) in [6, 6.07) is 16.4. The Morgan fingerprint density at radius 1 is 1.03 bits per heavy atom. The molecule has 0 bridgehead atoms. The third-order valence-corrected chi connectivity index (χ3v) is 6.17. The van der Waals surface area contributed by atoms with Crippen molar-refractivity contribution in [3.63, 3.8) is 0 Å². The van der Waals surface area contributed by atoms with Crippen molar-refractivity contribution in [3.8, 4) is 17.2 Å². The van der Waals surface area contributed by atoms with Gasteiger partial charge in [0.25, 0.3) is 0 Å². The number of piperidine rings is 1. The second kappa shape index (κ2) is 9.61. The van der Waals surface area contributed by atoms with Crippen LogP contribution in [0, 0.1) is 0 Å². The minimum absolute atomic E-state index is 0.199. The SMILES string of the molecule is CC(C)(C)OC(=O)N1CCCC(n2c(=O)n(-c3ccc(Oc4ccccc4)cc3)c3c(N)ncnc32)C1. The Hall–Kier alpha value is -4.34. The van der Waals surface area contributed by atoms with Crippen LogP contribution in [-0.2, 0) is 4.74 Å². The Labute approximate surface area is 214 Å². The second-order valence-electron chi connectivity index (χ2n) is 10.1. The van der Waals surface area contributed by atoms with E-state index in [1.165, 1.54) is 10.9 Å². The predicted octanol–water partition coefficient (Wildman–Crippen LogP) is 4.53. The number of benzene rings is 2. The number of hydrogen-bond donors (Lipinski definition) is 1. The lowest BCUT2D eigenvalue weighted by molar-refractivity contribution is 0.0172. The van der Waals surface area contributed by atoms with Gasteiger partial charge in [-0.1, -0.05) is 18.2 Å². The van der Waals surface area contributed by atoms with E-state index in [-0.39, 0.29) is 17.5 Å². The van der Waals surface area contributed by atoms with E-state index in [9.17, 15) is 9.59 Å². The number of likely N-dealkylation sites (tertiary alicyclic amines) is 1. The molecule has 1 unspecified atom stereocenters. The van der Waals surface area contributed by atoms with Crippen LogP contribution in [0.1, 0.15) is 39.7 Å². The number of aromatic nitrogens is 4. The third kappa shape index (κ3) is 5.00. The highest BCUT2D eigenvalue weighted by atomic mass is 16.6. The number of imidazole rings is 1. The number of nitrogens with two attached hydrogens (primary N) is 1. The van der Waals surface area contributed by atoms with Crippen molar-refractivity contribution >= 4 is 23.1 Å². The zero-order chi connectivity index (χ0) is 26.2. The van der Waals surface area contributed by atoms with E-state index in [1.807, 2.05) is 51.1 Å². The Balaban J connectivity index is 1.50. The summed E-state index contributed by atoms with van der Waals surface area (Å²) < 4.78 is 14.6. The maximum atomic E-state index is 13.9. The minimum Gasteiger partial charge on any atom is -0.457 e. The molecule has 2 N–H and O–H groups in total. The number of fused-ring (bicyclic) bond motifs is 1. The molecule has 10 nitrogen and oxygen atoms in total. The van der Waals surface area contributed by atoms with Crippen LogP contribution >= 0.6 is 0 Å². The number of anilines is 1. The lowest BCUT2D eigenvalue weighted by atomic mass is 10.1. The fraction of sp³-hybridized carbons (Fsp3) is 0.333. The van der Waals surface area contributed by atoms with Gasteiger partial charge in [-0.3, -0.25) is 9.13 Å². The summed E-state index contributed by atoms with van der Waals surface area (Å²) in [6.07, 6.45) is 2.40. The second-order valence-corrected chi connectivity index (χ2v) is 10.1. The average Bonchev–Trinajstić information content (AvgIpc) is 3.17. The smallest absolute Gasteiger partial charge is 0.410 e. The van der Waals surface area contributed by atoms with Crippen LogP contribution in [-0.4, -0.2) is 48.8 Å². The van der Waals surface area contributed by atoms with Crippen molar-refractivity contribution in [3.05, 3.63) is 71.4 Å². The van der Waals surface area contributed by atoms with Gasteiger partial charge in [0, 0.05) is 13.1 Å². The largest absolute Gasteiger partial charge is 0.457 e. The number of carbonyl (C=O) groups is 1. The lowest BCUT2D eigenvalue weighted by Crippen LogP contribution is -2.45. The van der Waals surface area contributed by atoms with Gasteiger partial charge in [-0.25, -0.2) is 19.6 Å². The first-order valence-electron chi connectivity index (χ1n) is 12.3. The fourth-order valence-electron chi connectivity index (χ4n) is 4.58. The van der Waals surface area contributed by atoms with Crippen LogP contribution in [0.2, 0.25) is 0 Å². The van der Waals surface area contributed by atoms with E-state index < -0.39 is 11.7 Å². The Morgan fingerprint density at radius 2 is 1.73 bits per heavy atom. The monoisotopic (exact) mass is 502 g/mol. The summed E-state index contributed by atoms with van der Waals surface area (Å²) in [6.45, 7) is 6.40. The highest BCUT2D eigenvalue weighted by molar-refractivity contribution is 5.84. The molecular weight excluding hydrogens is 472 g/mol. The number of carbonyl (C=O) groups excluding carboxylic acids is 1. The summed E-state index contributed by atoms with van der Waals surface area (Å²) in [4.78, 5) is 36.8. The van der Waals surface area contributed by atoms with E-state index in [1.54, 1.807) is 33.7 Å². The van der Waals surface area contributed by atoms with Crippen LogP contribution in [0.25, 0.3) is 16.9 Å². The zero-order valence-electron chi connectivity index (χ0n) is 21.1. The summed E-state index contributed by atoms with van der Waals surface area (Å²) >= 11 is 0. The maximum Gasteiger partial charge on any atom is 0.410 e. The van der Waals surface area contributed by atoms with Crippen molar-refractivity contribution in [1.82, 2.24) is 24.0 Å². The van der Waals surface area contributed by atoms with Crippen molar-refractivity contribution in [2.45, 2.75) is 45.3 Å². The molecule has 1 fully saturated rings. The van der Waals surface area contributed by atoms with Gasteiger partial charge in [-0.2, -0.15) is 0 Å². The molecule has 0 aliphatic carbocycles. The van der Waals surface area contributed by atoms with Crippen LogP contribution in [0.5, 0.6) is 11.5 Å². The molecule has 4 aromatic rings. The number of rotatable bonds is 4. The molecule has 5 rings (SSSR count). The molecule has 37 heavy (non-hydrogen) atoms. The number of ether oxygens (including phenoxy) is 2. The fourth-order valence-corrected chi connectivity index (χ4v) is 4.58. The van der Waals surface area contributed by atoms with Gasteiger partial charge >= 0.3 is 11.8 Å². The van der Waals surface area contributed by atoms with Crippen LogP contribution in [0.15, 0.2) is 65.7 Å². The van der Waals surface area contributed by atoms with E-state index >= 15 is 0 Å². The Morgan fingerprint density at radius 3 is 2.43 bits per heavy atom. The molecule has 3 heterocycles. The van der Waals surface area contributed by atoms with Gasteiger partial charge in [0.2, 0.25) is 0 Å². The molecule has 2 aromatic heterocycles. The van der Waals surface area contributed by atoms with E-state index in [0.717, 1.165) is 6.42 Å². The van der Waals surface area contributed by atoms with E-state index in [0.29, 0.717) is 47.9 Å². The molecule has 10 heteroatoms. The van der Waals surface area contributed by atoms with Gasteiger partial charge in [-0.15, -0.1) is 0 Å². The van der Waals surface area contributed by atoms with Gasteiger partial charge in [-0.05, 0) is 70.0 Å². The number of para-hydroxylation sites is 1. The van der Waals surface area contributed by atoms with Gasteiger partial charge in [0.05, 0.1) is 11.7 Å². The molecule has 1 aliphatic rings. The Bertz CT molecular complexity index is 1470. The number of nitrogens with zero attached hydrogens (tertiary/aromatic N) is 5. The first-order chi connectivity index (χ1) is 17.7. The van der Waals surface area contributed by atoms with Crippen LogP contribution in [0.4, 0.5) is 10.6 Å². The molecule has 0 spiro atoms. The molecule has 192 valence electrons. The van der Waals surface area contributed by atoms with Gasteiger partial charge in [0.1, 0.15) is 28.9 Å². The lowest BCUT2D eigenvalue weighted by Gasteiger charge is -2.34. The van der Waals surface area contributed by atoms with Crippen molar-refractivity contribution < 1.29 is 14.3 Å². The summed E-state index contributed by atoms with van der Waals surface area (Å²) in [5.74, 6) is 1.55. The van der Waals surface area contributed by atoms with Crippen molar-refractivity contribution in [2.75, 3.05) is 18.8 Å². The molecule has 1 atom stereocenters. The highest BCUT2D eigenvalue weighted by Crippen LogP contribution is 2.29. The van der Waals surface area contributed by atoms with Crippen molar-refractivity contribution in [1.29, 1.82) is 0 Å². The van der Waals surface area contributed by atoms with Crippen molar-refractivity contribution in [2.24, 2.45) is 0 Å². The summed E-state index contributed by atoms with van der Waals surface area (Å²) in [7, 11) is 0. The molecule has 2 aromatic carbocycles. The molecule has 0 radical (unpaired) electrons. The maximum absolute atomic E-state index is 13.9. The minimum atomic E-state index is -0.602. The summed E-state index contributed by atoms with van der Waals surface area (Å²) in [5, 5.41) is 0. The zero-order valence-corrected chi connectivity index (χ0v) is 21.1. The number of hydrogen-bond acceptors (Lipinski definition) is 7. The van der Waals surface area contributed by atoms with Crippen LogP contribution < -0.4 is 16.2 Å². The van der Waals surface area contributed by atoms with Crippen LogP contribution in [0.3, 0.4) is 0 Å². The van der Waals surface area contributed by atoms with E-state index in [2.05, 4.69) is 9.97 Å². The molecule has 1 aliphatic heterocycles. The van der Waals surface area contributed by atoms with E-state index in [4.69, 9.17) is 15.2 Å². The normalized spacial score (nSPS) is 16.1. The third-order valence-electron chi connectivity index (χ3n) is 6.17. The summed E-state index contributed by atoms with van der Waals surface area (Å²) in [5.41, 5.74) is 6.82. The molecular formula is C27H30N6O4. The molecule has 1 amide bonds. The topological polar surface area (TPSA) is 118 Å². The van der Waals surface area contributed by atoms with Gasteiger partial charge in [0.15, 0.2) is 11.5 Å². The number of nitrogen functional groups attached to an aromatic ring is 1. The highest BCUT2D eigenvalue weighted by Gasteiger charge is 2.32. The molecule has 0 saturated carbocycles.